The number of esters is 1. The molecule has 0 bridgehead atoms. The van der Waals surface area contributed by atoms with Crippen LogP contribution in [0.4, 0.5) is 0 Å². The number of carbonyl (C=O) groups excluding carboxylic acids is 1. The number of aliphatic carboxylic acids is 1. The van der Waals surface area contributed by atoms with Crippen LogP contribution >= 0.6 is 0 Å². The molecule has 0 fully saturated rings. The highest BCUT2D eigenvalue weighted by molar-refractivity contribution is 5.73. The molecule has 1 N–H and O–H groups in total. The van der Waals surface area contributed by atoms with E-state index in [1.807, 2.05) is 20.8 Å². The SMILES string of the molecule is CCCc1ccc(CCC[C@H](CCC(=O)OC(C)(C)C)C(=O)O)cc1. The Morgan fingerprint density at radius 3 is 2.08 bits per heavy atom. The van der Waals surface area contributed by atoms with Crippen LogP contribution in [0.25, 0.3) is 0 Å². The van der Waals surface area contributed by atoms with Gasteiger partial charge >= 0.3 is 11.9 Å². The summed E-state index contributed by atoms with van der Waals surface area (Å²) in [6.45, 7) is 7.60. The molecule has 0 aliphatic rings. The third kappa shape index (κ3) is 9.28. The number of aryl methyl sites for hydroxylation is 2. The number of rotatable bonds is 10. The van der Waals surface area contributed by atoms with Gasteiger partial charge in [-0.25, -0.2) is 0 Å². The lowest BCUT2D eigenvalue weighted by atomic mass is 9.95. The van der Waals surface area contributed by atoms with Gasteiger partial charge in [0.2, 0.25) is 0 Å². The third-order valence-corrected chi connectivity index (χ3v) is 4.05. The van der Waals surface area contributed by atoms with E-state index in [-0.39, 0.29) is 12.4 Å². The molecule has 0 amide bonds. The molecule has 0 heterocycles. The fourth-order valence-electron chi connectivity index (χ4n) is 2.79. The molecule has 0 spiro atoms. The summed E-state index contributed by atoms with van der Waals surface area (Å²) < 4.78 is 5.24. The maximum Gasteiger partial charge on any atom is 0.306 e. The van der Waals surface area contributed by atoms with Gasteiger partial charge in [-0.2, -0.15) is 0 Å². The van der Waals surface area contributed by atoms with Crippen LogP contribution in [0.1, 0.15) is 70.9 Å². The van der Waals surface area contributed by atoms with Gasteiger partial charge in [0.15, 0.2) is 0 Å². The van der Waals surface area contributed by atoms with E-state index in [0.29, 0.717) is 12.8 Å². The van der Waals surface area contributed by atoms with Gasteiger partial charge in [-0.3, -0.25) is 9.59 Å². The number of carboxylic acid groups (broad SMARTS) is 1. The van der Waals surface area contributed by atoms with Crippen LogP contribution in [0.5, 0.6) is 0 Å². The average molecular weight is 348 g/mol. The number of ether oxygens (including phenoxy) is 1. The summed E-state index contributed by atoms with van der Waals surface area (Å²) in [4.78, 5) is 23.2. The standard InChI is InChI=1S/C21H32O4/c1-5-7-16-10-12-17(13-11-16)8-6-9-18(20(23)24)14-15-19(22)25-21(2,3)4/h10-13,18H,5-9,14-15H2,1-4H3,(H,23,24)/t18-/m1/s1. The first-order valence-corrected chi connectivity index (χ1v) is 9.23. The van der Waals surface area contributed by atoms with Gasteiger partial charge in [0.1, 0.15) is 5.60 Å². The number of carboxylic acids is 1. The molecule has 0 aliphatic heterocycles. The van der Waals surface area contributed by atoms with E-state index in [1.54, 1.807) is 0 Å². The number of benzene rings is 1. The zero-order valence-electron chi connectivity index (χ0n) is 16.0. The quantitative estimate of drug-likeness (QED) is 0.618. The van der Waals surface area contributed by atoms with Crippen molar-refractivity contribution in [2.45, 2.75) is 78.2 Å². The minimum Gasteiger partial charge on any atom is -0.481 e. The predicted molar refractivity (Wildman–Crippen MR) is 99.6 cm³/mol. The molecule has 0 aliphatic carbocycles. The Morgan fingerprint density at radius 2 is 1.60 bits per heavy atom. The molecule has 140 valence electrons. The zero-order valence-corrected chi connectivity index (χ0v) is 16.0. The van der Waals surface area contributed by atoms with E-state index < -0.39 is 17.5 Å². The van der Waals surface area contributed by atoms with E-state index in [9.17, 15) is 14.7 Å². The van der Waals surface area contributed by atoms with Crippen LogP contribution < -0.4 is 0 Å². The lowest BCUT2D eigenvalue weighted by Crippen LogP contribution is -2.25. The van der Waals surface area contributed by atoms with Crippen molar-refractivity contribution in [3.8, 4) is 0 Å². The fourth-order valence-corrected chi connectivity index (χ4v) is 2.79. The van der Waals surface area contributed by atoms with Crippen molar-refractivity contribution in [2.24, 2.45) is 5.92 Å². The van der Waals surface area contributed by atoms with Crippen LogP contribution in [0, 0.1) is 5.92 Å². The third-order valence-electron chi connectivity index (χ3n) is 4.05. The molecule has 25 heavy (non-hydrogen) atoms. The van der Waals surface area contributed by atoms with Crippen molar-refractivity contribution >= 4 is 11.9 Å². The van der Waals surface area contributed by atoms with E-state index in [4.69, 9.17) is 4.74 Å². The first-order chi connectivity index (χ1) is 11.7. The molecule has 0 unspecified atom stereocenters. The van der Waals surface area contributed by atoms with E-state index >= 15 is 0 Å². The maximum atomic E-state index is 11.8. The summed E-state index contributed by atoms with van der Waals surface area (Å²) >= 11 is 0. The molecular formula is C21H32O4. The molecule has 1 aromatic carbocycles. The van der Waals surface area contributed by atoms with Gasteiger partial charge in [0.25, 0.3) is 0 Å². The second kappa shape index (κ2) is 10.2. The lowest BCUT2D eigenvalue weighted by molar-refractivity contribution is -0.155. The first-order valence-electron chi connectivity index (χ1n) is 9.23. The number of hydrogen-bond donors (Lipinski definition) is 1. The largest absolute Gasteiger partial charge is 0.481 e. The Kier molecular flexibility index (Phi) is 8.67. The second-order valence-corrected chi connectivity index (χ2v) is 7.62. The van der Waals surface area contributed by atoms with Crippen LogP contribution in [0.2, 0.25) is 0 Å². The Morgan fingerprint density at radius 1 is 1.04 bits per heavy atom. The molecule has 0 saturated heterocycles. The van der Waals surface area contributed by atoms with E-state index in [1.165, 1.54) is 11.1 Å². The second-order valence-electron chi connectivity index (χ2n) is 7.62. The average Bonchev–Trinajstić information content (AvgIpc) is 2.50. The molecule has 4 heteroatoms. The van der Waals surface area contributed by atoms with Gasteiger partial charge in [0, 0.05) is 6.42 Å². The summed E-state index contributed by atoms with van der Waals surface area (Å²) in [6.07, 6.45) is 4.96. The van der Waals surface area contributed by atoms with Crippen molar-refractivity contribution in [3.05, 3.63) is 35.4 Å². The molecule has 4 nitrogen and oxygen atoms in total. The first kappa shape index (κ1) is 21.2. The molecule has 1 aromatic rings. The summed E-state index contributed by atoms with van der Waals surface area (Å²) in [5.74, 6) is -1.65. The highest BCUT2D eigenvalue weighted by Crippen LogP contribution is 2.18. The van der Waals surface area contributed by atoms with E-state index in [0.717, 1.165) is 25.7 Å². The van der Waals surface area contributed by atoms with Crippen LogP contribution in [-0.2, 0) is 27.2 Å². The highest BCUT2D eigenvalue weighted by atomic mass is 16.6. The van der Waals surface area contributed by atoms with Gasteiger partial charge in [-0.05, 0) is 64.0 Å². The highest BCUT2D eigenvalue weighted by Gasteiger charge is 2.21. The fraction of sp³-hybridized carbons (Fsp3) is 0.619. The molecular weight excluding hydrogens is 316 g/mol. The van der Waals surface area contributed by atoms with Crippen molar-refractivity contribution in [1.29, 1.82) is 0 Å². The molecule has 1 rings (SSSR count). The zero-order chi connectivity index (χ0) is 18.9. The smallest absolute Gasteiger partial charge is 0.306 e. The van der Waals surface area contributed by atoms with Crippen molar-refractivity contribution in [3.63, 3.8) is 0 Å². The van der Waals surface area contributed by atoms with Gasteiger partial charge in [0.05, 0.1) is 5.92 Å². The lowest BCUT2D eigenvalue weighted by Gasteiger charge is -2.20. The molecule has 0 aromatic heterocycles. The Balaban J connectivity index is 2.40. The monoisotopic (exact) mass is 348 g/mol. The van der Waals surface area contributed by atoms with Crippen LogP contribution in [-0.4, -0.2) is 22.6 Å². The number of hydrogen-bond acceptors (Lipinski definition) is 3. The van der Waals surface area contributed by atoms with Crippen LogP contribution in [0.15, 0.2) is 24.3 Å². The molecule has 0 saturated carbocycles. The number of carbonyl (C=O) groups is 2. The van der Waals surface area contributed by atoms with Gasteiger partial charge in [-0.15, -0.1) is 0 Å². The van der Waals surface area contributed by atoms with Gasteiger partial charge in [-0.1, -0.05) is 37.6 Å². The van der Waals surface area contributed by atoms with Crippen molar-refractivity contribution < 1.29 is 19.4 Å². The van der Waals surface area contributed by atoms with Crippen molar-refractivity contribution in [1.82, 2.24) is 0 Å². The minimum absolute atomic E-state index is 0.153. The summed E-state index contributed by atoms with van der Waals surface area (Å²) in [5, 5.41) is 9.36. The summed E-state index contributed by atoms with van der Waals surface area (Å²) in [7, 11) is 0. The molecule has 0 radical (unpaired) electrons. The topological polar surface area (TPSA) is 63.6 Å². The van der Waals surface area contributed by atoms with Gasteiger partial charge < -0.3 is 9.84 Å². The minimum atomic E-state index is -0.832. The van der Waals surface area contributed by atoms with Crippen LogP contribution in [0.3, 0.4) is 0 Å². The summed E-state index contributed by atoms with van der Waals surface area (Å²) in [5.41, 5.74) is 2.04. The maximum absolute atomic E-state index is 11.8. The Bertz CT molecular complexity index is 540. The predicted octanol–water partition coefficient (Wildman–Crippen LogP) is 4.78. The molecule has 1 atom stereocenters. The van der Waals surface area contributed by atoms with Crippen molar-refractivity contribution in [2.75, 3.05) is 0 Å². The van der Waals surface area contributed by atoms with E-state index in [2.05, 4.69) is 31.2 Å². The normalized spacial score (nSPS) is 12.6. The Labute approximate surface area is 151 Å². The summed E-state index contributed by atoms with van der Waals surface area (Å²) in [6, 6.07) is 8.55. The Hall–Kier alpha value is -1.84.